The number of fused-ring (bicyclic) bond motifs is 5. The van der Waals surface area contributed by atoms with Crippen molar-refractivity contribution < 1.29 is 4.79 Å². The van der Waals surface area contributed by atoms with Crippen LogP contribution in [0.15, 0.2) is 48.6 Å². The zero-order valence-corrected chi connectivity index (χ0v) is 20.5. The van der Waals surface area contributed by atoms with E-state index in [2.05, 4.69) is 53.5 Å². The molecule has 1 aromatic carbocycles. The van der Waals surface area contributed by atoms with Crippen LogP contribution >= 0.6 is 0 Å². The van der Waals surface area contributed by atoms with E-state index in [1.54, 1.807) is 16.0 Å². The third-order valence-electron chi connectivity index (χ3n) is 9.21. The van der Waals surface area contributed by atoms with Crippen LogP contribution in [0, 0.1) is 17.3 Å². The molecule has 4 nitrogen and oxygen atoms in total. The summed E-state index contributed by atoms with van der Waals surface area (Å²) in [5.41, 5.74) is 9.64. The summed E-state index contributed by atoms with van der Waals surface area (Å²) in [4.78, 5) is 16.9. The molecule has 0 spiro atoms. The molecule has 4 atom stereocenters. The van der Waals surface area contributed by atoms with Crippen LogP contribution in [0.4, 0.5) is 0 Å². The number of carbonyl (C=O) groups is 1. The van der Waals surface area contributed by atoms with Gasteiger partial charge in [0, 0.05) is 26.2 Å². The molecular formula is C29H41N3O. The van der Waals surface area contributed by atoms with E-state index in [0.717, 1.165) is 18.8 Å². The number of carbonyl (C=O) groups excluding carboxylic acids is 1. The van der Waals surface area contributed by atoms with Crippen LogP contribution in [0.5, 0.6) is 0 Å². The smallest absolute Gasteiger partial charge is 0.238 e. The van der Waals surface area contributed by atoms with E-state index in [1.165, 1.54) is 51.5 Å². The van der Waals surface area contributed by atoms with Crippen molar-refractivity contribution in [1.82, 2.24) is 9.80 Å². The summed E-state index contributed by atoms with van der Waals surface area (Å²) in [5, 5.41) is 0. The van der Waals surface area contributed by atoms with Crippen LogP contribution < -0.4 is 5.73 Å². The highest BCUT2D eigenvalue weighted by Crippen LogP contribution is 2.53. The summed E-state index contributed by atoms with van der Waals surface area (Å²) < 4.78 is 0. The summed E-state index contributed by atoms with van der Waals surface area (Å²) >= 11 is 0. The number of rotatable bonds is 7. The van der Waals surface area contributed by atoms with Crippen LogP contribution in [0.25, 0.3) is 0 Å². The quantitative estimate of drug-likeness (QED) is 0.610. The molecule has 2 N–H and O–H groups in total. The predicted octanol–water partition coefficient (Wildman–Crippen LogP) is 5.38. The number of hydrogen-bond acceptors (Lipinski definition) is 3. The number of nitrogens with zero attached hydrogens (tertiary/aromatic N) is 2. The molecule has 0 aromatic heterocycles. The molecule has 1 amide bonds. The van der Waals surface area contributed by atoms with Gasteiger partial charge in [-0.15, -0.1) is 0 Å². The predicted molar refractivity (Wildman–Crippen MR) is 135 cm³/mol. The summed E-state index contributed by atoms with van der Waals surface area (Å²) in [5.74, 6) is 1.51. The number of likely N-dealkylation sites (N-methyl/N-ethyl adjacent to an activating group) is 1. The van der Waals surface area contributed by atoms with Crippen LogP contribution in [0.2, 0.25) is 0 Å². The second kappa shape index (κ2) is 9.38. The van der Waals surface area contributed by atoms with Gasteiger partial charge in [0.15, 0.2) is 0 Å². The van der Waals surface area contributed by atoms with E-state index in [1.807, 2.05) is 14.1 Å². The van der Waals surface area contributed by atoms with Crippen molar-refractivity contribution in [2.75, 3.05) is 20.6 Å². The zero-order valence-electron chi connectivity index (χ0n) is 20.5. The van der Waals surface area contributed by atoms with Gasteiger partial charge < -0.3 is 10.6 Å². The molecule has 2 fully saturated rings. The maximum Gasteiger partial charge on any atom is 0.238 e. The first kappa shape index (κ1) is 22.9. The van der Waals surface area contributed by atoms with Crippen molar-refractivity contribution in [3.8, 4) is 0 Å². The molecule has 2 aliphatic heterocycles. The molecule has 33 heavy (non-hydrogen) atoms. The highest BCUT2D eigenvalue weighted by molar-refractivity contribution is 5.81. The Morgan fingerprint density at radius 1 is 1.06 bits per heavy atom. The number of hydrogen-bond donors (Lipinski definition) is 1. The van der Waals surface area contributed by atoms with Gasteiger partial charge in [0.2, 0.25) is 5.91 Å². The molecule has 2 aliphatic carbocycles. The van der Waals surface area contributed by atoms with Gasteiger partial charge >= 0.3 is 0 Å². The molecule has 4 aliphatic rings. The van der Waals surface area contributed by atoms with Gasteiger partial charge in [-0.3, -0.25) is 9.69 Å². The minimum Gasteiger partial charge on any atom is -0.347 e. The highest BCUT2D eigenvalue weighted by atomic mass is 16.2. The lowest BCUT2D eigenvalue weighted by Crippen LogP contribution is -2.45. The molecule has 178 valence electrons. The van der Waals surface area contributed by atoms with Crippen molar-refractivity contribution in [1.29, 1.82) is 0 Å². The fourth-order valence-corrected chi connectivity index (χ4v) is 7.45. The molecule has 0 radical (unpaired) electrons. The normalized spacial score (nSPS) is 33.8. The molecule has 1 aromatic rings. The van der Waals surface area contributed by atoms with Crippen molar-refractivity contribution in [3.63, 3.8) is 0 Å². The average Bonchev–Trinajstić information content (AvgIpc) is 3.39. The Kier molecular flexibility index (Phi) is 6.50. The van der Waals surface area contributed by atoms with E-state index < -0.39 is 6.04 Å². The van der Waals surface area contributed by atoms with Crippen molar-refractivity contribution >= 4 is 5.91 Å². The van der Waals surface area contributed by atoms with Crippen molar-refractivity contribution in [2.24, 2.45) is 23.0 Å². The van der Waals surface area contributed by atoms with E-state index >= 15 is 0 Å². The Bertz CT molecular complexity index is 882. The third-order valence-corrected chi connectivity index (χ3v) is 9.21. The number of amides is 1. The molecule has 2 bridgehead atoms. The lowest BCUT2D eigenvalue weighted by Gasteiger charge is -2.44. The summed E-state index contributed by atoms with van der Waals surface area (Å²) in [6.45, 7) is 1.25. The average molecular weight is 448 g/mol. The van der Waals surface area contributed by atoms with Crippen molar-refractivity contribution in [3.05, 3.63) is 59.7 Å². The molecule has 2 heterocycles. The largest absolute Gasteiger partial charge is 0.347 e. The minimum absolute atomic E-state index is 0.0422. The standard InChI is InChI=1S/C29H41N3O/c1-31(2)28(33)25(30)20-29(17-6-3-7-18-29)22-12-10-21(11-13-22)16-19-32-26-14-15-27(32)24-9-5-4-8-23(24)26/h3-9,17,21-22,25-27H,10-16,18-20,30H2,1-2H3/t21?,22?,25-,26?,27?,29?/m0/s1. The molecule has 3 unspecified atom stereocenters. The first-order valence-corrected chi connectivity index (χ1v) is 13.1. The van der Waals surface area contributed by atoms with E-state index in [9.17, 15) is 4.79 Å². The lowest BCUT2D eigenvalue weighted by molar-refractivity contribution is -0.131. The Morgan fingerprint density at radius 2 is 1.73 bits per heavy atom. The van der Waals surface area contributed by atoms with E-state index in [4.69, 9.17) is 5.73 Å². The van der Waals surface area contributed by atoms with Gasteiger partial charge in [-0.1, -0.05) is 61.4 Å². The Morgan fingerprint density at radius 3 is 2.30 bits per heavy atom. The van der Waals surface area contributed by atoms with Gasteiger partial charge in [0.05, 0.1) is 6.04 Å². The molecule has 5 rings (SSSR count). The monoisotopic (exact) mass is 447 g/mol. The second-order valence-corrected chi connectivity index (χ2v) is 11.2. The molecular weight excluding hydrogens is 406 g/mol. The van der Waals surface area contributed by atoms with Gasteiger partial charge in [-0.25, -0.2) is 0 Å². The Balaban J connectivity index is 1.17. The molecule has 4 heteroatoms. The van der Waals surface area contributed by atoms with Gasteiger partial charge in [-0.05, 0) is 79.9 Å². The number of benzene rings is 1. The van der Waals surface area contributed by atoms with Crippen LogP contribution in [-0.4, -0.2) is 42.4 Å². The highest BCUT2D eigenvalue weighted by Gasteiger charge is 2.44. The van der Waals surface area contributed by atoms with Gasteiger partial charge in [0.1, 0.15) is 0 Å². The topological polar surface area (TPSA) is 49.6 Å². The lowest BCUT2D eigenvalue weighted by atomic mass is 9.61. The maximum atomic E-state index is 12.5. The fourth-order valence-electron chi connectivity index (χ4n) is 7.45. The van der Waals surface area contributed by atoms with Crippen LogP contribution in [0.1, 0.15) is 81.0 Å². The van der Waals surface area contributed by atoms with Gasteiger partial charge in [0.25, 0.3) is 0 Å². The Labute approximate surface area is 199 Å². The minimum atomic E-state index is -0.416. The summed E-state index contributed by atoms with van der Waals surface area (Å²) in [6, 6.07) is 10.1. The van der Waals surface area contributed by atoms with Gasteiger partial charge in [-0.2, -0.15) is 0 Å². The third kappa shape index (κ3) is 4.33. The maximum absolute atomic E-state index is 12.5. The zero-order chi connectivity index (χ0) is 23.0. The molecule has 1 saturated heterocycles. The Hall–Kier alpha value is -1.91. The summed E-state index contributed by atoms with van der Waals surface area (Å²) in [7, 11) is 3.61. The number of allylic oxidation sites excluding steroid dienone is 4. The van der Waals surface area contributed by atoms with Crippen molar-refractivity contribution in [2.45, 2.75) is 75.9 Å². The SMILES string of the molecule is CN(C)C(=O)[C@@H](N)CC1(C2CCC(CCN3C4CCC3c3ccccc34)CC2)C=CC=CC1. The first-order valence-electron chi connectivity index (χ1n) is 13.1. The van der Waals surface area contributed by atoms with E-state index in [-0.39, 0.29) is 11.3 Å². The summed E-state index contributed by atoms with van der Waals surface area (Å²) in [6.07, 6.45) is 19.9. The van der Waals surface area contributed by atoms with Crippen LogP contribution in [-0.2, 0) is 4.79 Å². The first-order chi connectivity index (χ1) is 16.0. The number of nitrogens with two attached hydrogens (primary N) is 1. The second-order valence-electron chi connectivity index (χ2n) is 11.2. The van der Waals surface area contributed by atoms with Crippen LogP contribution in [0.3, 0.4) is 0 Å². The fraction of sp³-hybridized carbons (Fsp3) is 0.621. The molecule has 1 saturated carbocycles. The van der Waals surface area contributed by atoms with E-state index in [0.29, 0.717) is 18.0 Å².